The van der Waals surface area contributed by atoms with Gasteiger partial charge >= 0.3 is 0 Å². The second-order valence-electron chi connectivity index (χ2n) is 8.48. The highest BCUT2D eigenvalue weighted by atomic mass is 127. The summed E-state index contributed by atoms with van der Waals surface area (Å²) in [5, 5.41) is 6.95. The lowest BCUT2D eigenvalue weighted by atomic mass is 9.99. The molecule has 0 radical (unpaired) electrons. The Labute approximate surface area is 194 Å². The van der Waals surface area contributed by atoms with Gasteiger partial charge in [0, 0.05) is 25.2 Å². The molecule has 1 aliphatic heterocycles. The van der Waals surface area contributed by atoms with E-state index < -0.39 is 0 Å². The molecule has 0 spiro atoms. The monoisotopic (exact) mass is 514 g/mol. The standard InChI is InChI=1S/C23H38N4O.HI/c1-4-24-23(25-15-19-8-7-13-27(3)17-19)26-16-20-12-11-18(2)14-22(20)28-21-9-5-6-10-21;/h11-12,14,19,21H,4-10,13,15-17H2,1-3H3,(H2,24,25,26);1H. The van der Waals surface area contributed by atoms with E-state index in [-0.39, 0.29) is 24.0 Å². The SMILES string of the molecule is CCNC(=NCc1ccc(C)cc1OC1CCCC1)NCC1CCCN(C)C1.I. The van der Waals surface area contributed by atoms with Crippen LogP contribution in [0.5, 0.6) is 5.75 Å². The van der Waals surface area contributed by atoms with E-state index in [0.717, 1.165) is 24.8 Å². The maximum absolute atomic E-state index is 6.33. The van der Waals surface area contributed by atoms with Crippen LogP contribution in [-0.4, -0.2) is 50.2 Å². The summed E-state index contributed by atoms with van der Waals surface area (Å²) in [4.78, 5) is 7.28. The number of benzene rings is 1. The second-order valence-corrected chi connectivity index (χ2v) is 8.48. The molecule has 0 bridgehead atoms. The molecule has 5 nitrogen and oxygen atoms in total. The summed E-state index contributed by atoms with van der Waals surface area (Å²) in [7, 11) is 2.22. The molecule has 0 aromatic heterocycles. The zero-order chi connectivity index (χ0) is 19.8. The molecular weight excluding hydrogens is 475 g/mol. The van der Waals surface area contributed by atoms with Crippen LogP contribution in [0, 0.1) is 12.8 Å². The molecule has 1 heterocycles. The third-order valence-corrected chi connectivity index (χ3v) is 5.85. The first kappa shape index (κ1) is 24.3. The Morgan fingerprint density at radius 3 is 2.69 bits per heavy atom. The number of aliphatic imine (C=N–C) groups is 1. The highest BCUT2D eigenvalue weighted by Crippen LogP contribution is 2.28. The number of piperidine rings is 1. The van der Waals surface area contributed by atoms with Crippen molar-refractivity contribution in [1.29, 1.82) is 0 Å². The van der Waals surface area contributed by atoms with E-state index in [1.54, 1.807) is 0 Å². The van der Waals surface area contributed by atoms with Crippen molar-refractivity contribution < 1.29 is 4.74 Å². The largest absolute Gasteiger partial charge is 0.490 e. The number of nitrogens with one attached hydrogen (secondary N) is 2. The molecule has 1 atom stereocenters. The molecule has 1 saturated carbocycles. The van der Waals surface area contributed by atoms with E-state index in [0.29, 0.717) is 18.6 Å². The van der Waals surface area contributed by atoms with E-state index >= 15 is 0 Å². The first-order chi connectivity index (χ1) is 13.6. The molecule has 0 amide bonds. The van der Waals surface area contributed by atoms with E-state index in [4.69, 9.17) is 9.73 Å². The van der Waals surface area contributed by atoms with Crippen molar-refractivity contribution in [2.24, 2.45) is 10.9 Å². The first-order valence-electron chi connectivity index (χ1n) is 11.1. The Hall–Kier alpha value is -1.02. The lowest BCUT2D eigenvalue weighted by molar-refractivity contribution is 0.208. The minimum Gasteiger partial charge on any atom is -0.490 e. The van der Waals surface area contributed by atoms with Crippen LogP contribution >= 0.6 is 24.0 Å². The number of nitrogens with zero attached hydrogens (tertiary/aromatic N) is 2. The minimum atomic E-state index is 0. The molecule has 2 N–H and O–H groups in total. The topological polar surface area (TPSA) is 48.9 Å². The Morgan fingerprint density at radius 2 is 1.97 bits per heavy atom. The number of guanidine groups is 1. The molecule has 6 heteroatoms. The van der Waals surface area contributed by atoms with Crippen LogP contribution in [0.25, 0.3) is 0 Å². The maximum atomic E-state index is 6.33. The van der Waals surface area contributed by atoms with Crippen molar-refractivity contribution in [2.75, 3.05) is 33.2 Å². The summed E-state index contributed by atoms with van der Waals surface area (Å²) < 4.78 is 6.33. The third-order valence-electron chi connectivity index (χ3n) is 5.85. The number of halogens is 1. The molecule has 1 aromatic rings. The van der Waals surface area contributed by atoms with Gasteiger partial charge in [-0.15, -0.1) is 24.0 Å². The number of rotatable bonds is 7. The Kier molecular flexibility index (Phi) is 10.6. The van der Waals surface area contributed by atoms with E-state index in [9.17, 15) is 0 Å². The minimum absolute atomic E-state index is 0. The lowest BCUT2D eigenvalue weighted by Crippen LogP contribution is -2.43. The Bertz CT molecular complexity index is 646. The van der Waals surface area contributed by atoms with Crippen molar-refractivity contribution in [3.8, 4) is 5.75 Å². The van der Waals surface area contributed by atoms with Crippen LogP contribution in [0.4, 0.5) is 0 Å². The van der Waals surface area contributed by atoms with Crippen LogP contribution in [0.3, 0.4) is 0 Å². The van der Waals surface area contributed by atoms with Gasteiger partial charge in [0.2, 0.25) is 0 Å². The number of ether oxygens (including phenoxy) is 1. The molecule has 1 aromatic carbocycles. The quantitative estimate of drug-likeness (QED) is 0.323. The predicted molar refractivity (Wildman–Crippen MR) is 133 cm³/mol. The van der Waals surface area contributed by atoms with E-state index in [1.165, 1.54) is 62.7 Å². The van der Waals surface area contributed by atoms with Gasteiger partial charge in [-0.3, -0.25) is 0 Å². The molecule has 1 saturated heterocycles. The van der Waals surface area contributed by atoms with Crippen LogP contribution in [0.2, 0.25) is 0 Å². The van der Waals surface area contributed by atoms with Crippen molar-refractivity contribution in [3.63, 3.8) is 0 Å². The van der Waals surface area contributed by atoms with Crippen molar-refractivity contribution >= 4 is 29.9 Å². The third kappa shape index (κ3) is 7.96. The number of likely N-dealkylation sites (tertiary alicyclic amines) is 1. The first-order valence-corrected chi connectivity index (χ1v) is 11.1. The molecule has 2 aliphatic rings. The maximum Gasteiger partial charge on any atom is 0.191 e. The molecule has 1 aliphatic carbocycles. The molecule has 1 unspecified atom stereocenters. The molecule has 29 heavy (non-hydrogen) atoms. The van der Waals surface area contributed by atoms with Crippen LogP contribution in [0.1, 0.15) is 56.6 Å². The normalized spacial score (nSPS) is 20.9. The zero-order valence-electron chi connectivity index (χ0n) is 18.4. The number of hydrogen-bond acceptors (Lipinski definition) is 3. The van der Waals surface area contributed by atoms with Crippen LogP contribution in [-0.2, 0) is 6.54 Å². The molecule has 3 rings (SSSR count). The average Bonchev–Trinajstić information content (AvgIpc) is 3.18. The van der Waals surface area contributed by atoms with Gasteiger partial charge in [-0.1, -0.05) is 12.1 Å². The summed E-state index contributed by atoms with van der Waals surface area (Å²) in [5.41, 5.74) is 2.42. The molecule has 164 valence electrons. The van der Waals surface area contributed by atoms with Crippen molar-refractivity contribution in [2.45, 2.75) is 65.0 Å². The number of aryl methyl sites for hydroxylation is 1. The highest BCUT2D eigenvalue weighted by molar-refractivity contribution is 14.0. The van der Waals surface area contributed by atoms with Crippen molar-refractivity contribution in [3.05, 3.63) is 29.3 Å². The fourth-order valence-corrected chi connectivity index (χ4v) is 4.27. The van der Waals surface area contributed by atoms with Gasteiger partial charge in [0.1, 0.15) is 5.75 Å². The van der Waals surface area contributed by atoms with Gasteiger partial charge in [0.05, 0.1) is 12.6 Å². The van der Waals surface area contributed by atoms with Crippen molar-refractivity contribution in [1.82, 2.24) is 15.5 Å². The summed E-state index contributed by atoms with van der Waals surface area (Å²) in [6, 6.07) is 6.49. The molecule has 2 fully saturated rings. The predicted octanol–water partition coefficient (Wildman–Crippen LogP) is 4.33. The van der Waals surface area contributed by atoms with Gasteiger partial charge in [0.15, 0.2) is 5.96 Å². The smallest absolute Gasteiger partial charge is 0.191 e. The van der Waals surface area contributed by atoms with E-state index in [1.807, 2.05) is 0 Å². The highest BCUT2D eigenvalue weighted by Gasteiger charge is 2.19. The van der Waals surface area contributed by atoms with Crippen LogP contribution in [0.15, 0.2) is 23.2 Å². The van der Waals surface area contributed by atoms with Gasteiger partial charge in [-0.2, -0.15) is 0 Å². The fourth-order valence-electron chi connectivity index (χ4n) is 4.27. The van der Waals surface area contributed by atoms with Gasteiger partial charge in [-0.25, -0.2) is 4.99 Å². The fraction of sp³-hybridized carbons (Fsp3) is 0.696. The Balaban J connectivity index is 0.00000300. The van der Waals surface area contributed by atoms with Gasteiger partial charge in [-0.05, 0) is 83.5 Å². The number of hydrogen-bond donors (Lipinski definition) is 2. The summed E-state index contributed by atoms with van der Waals surface area (Å²) in [6.45, 7) is 9.13. The van der Waals surface area contributed by atoms with Gasteiger partial charge in [0.25, 0.3) is 0 Å². The van der Waals surface area contributed by atoms with Gasteiger partial charge < -0.3 is 20.3 Å². The molecular formula is C23H39IN4O. The lowest BCUT2D eigenvalue weighted by Gasteiger charge is -2.30. The summed E-state index contributed by atoms with van der Waals surface area (Å²) in [6.07, 6.45) is 7.89. The summed E-state index contributed by atoms with van der Waals surface area (Å²) >= 11 is 0. The summed E-state index contributed by atoms with van der Waals surface area (Å²) in [5.74, 6) is 2.62. The second kappa shape index (κ2) is 12.6. The van der Waals surface area contributed by atoms with E-state index in [2.05, 4.69) is 54.6 Å². The van der Waals surface area contributed by atoms with Crippen LogP contribution < -0.4 is 15.4 Å². The average molecular weight is 514 g/mol. The zero-order valence-corrected chi connectivity index (χ0v) is 20.7. The Morgan fingerprint density at radius 1 is 1.17 bits per heavy atom.